The van der Waals surface area contributed by atoms with Gasteiger partial charge in [0.05, 0.1) is 6.61 Å². The predicted octanol–water partition coefficient (Wildman–Crippen LogP) is 3.16. The monoisotopic (exact) mass is 210 g/mol. The number of rotatable bonds is 5. The van der Waals surface area contributed by atoms with Gasteiger partial charge in [0.25, 0.3) is 0 Å². The second-order valence-corrected chi connectivity index (χ2v) is 4.70. The zero-order chi connectivity index (χ0) is 11.7. The summed E-state index contributed by atoms with van der Waals surface area (Å²) < 4.78 is 4.83. The zero-order valence-electron chi connectivity index (χ0n) is 10.4. The maximum atomic E-state index is 10.4. The number of unbranched alkanes of at least 4 members (excludes halogenated alkanes) is 3. The lowest BCUT2D eigenvalue weighted by Crippen LogP contribution is -2.00. The second kappa shape index (κ2) is 7.34. The summed E-state index contributed by atoms with van der Waals surface area (Å²) in [7, 11) is 0. The highest BCUT2D eigenvalue weighted by molar-refractivity contribution is 5.65. The quantitative estimate of drug-likeness (QED) is 0.396. The molecule has 0 aromatic carbocycles. The van der Waals surface area contributed by atoms with Gasteiger partial charge >= 0.3 is 5.97 Å². The first-order valence-corrected chi connectivity index (χ1v) is 5.55. The van der Waals surface area contributed by atoms with Crippen LogP contribution in [0.3, 0.4) is 0 Å². The lowest BCUT2D eigenvalue weighted by atomic mass is 9.98. The van der Waals surface area contributed by atoms with Gasteiger partial charge in [-0.25, -0.2) is 0 Å². The van der Waals surface area contributed by atoms with Crippen molar-refractivity contribution < 1.29 is 9.53 Å². The molecule has 0 bridgehead atoms. The number of carbonyl (C=O) groups is 1. The first kappa shape index (κ1) is 14.0. The van der Waals surface area contributed by atoms with Crippen molar-refractivity contribution in [2.75, 3.05) is 6.61 Å². The molecule has 15 heavy (non-hydrogen) atoms. The zero-order valence-corrected chi connectivity index (χ0v) is 10.4. The Morgan fingerprint density at radius 1 is 1.20 bits per heavy atom. The summed E-state index contributed by atoms with van der Waals surface area (Å²) in [5, 5.41) is 0. The lowest BCUT2D eigenvalue weighted by Gasteiger charge is -2.06. The Morgan fingerprint density at radius 2 is 1.87 bits per heavy atom. The van der Waals surface area contributed by atoms with Crippen molar-refractivity contribution >= 4 is 5.97 Å². The number of esters is 1. The van der Waals surface area contributed by atoms with Gasteiger partial charge in [0, 0.05) is 18.8 Å². The molecule has 0 saturated carbocycles. The van der Waals surface area contributed by atoms with Crippen LogP contribution < -0.4 is 0 Å². The Balaban J connectivity index is 3.32. The van der Waals surface area contributed by atoms with E-state index in [0.29, 0.717) is 6.61 Å². The number of hydrogen-bond acceptors (Lipinski definition) is 2. The third-order valence-electron chi connectivity index (χ3n) is 1.71. The van der Waals surface area contributed by atoms with Crippen LogP contribution in [-0.2, 0) is 9.53 Å². The molecule has 0 radical (unpaired) electrons. The molecular weight excluding hydrogens is 188 g/mol. The van der Waals surface area contributed by atoms with Crippen LogP contribution in [0, 0.1) is 17.3 Å². The van der Waals surface area contributed by atoms with Crippen molar-refractivity contribution in [3.05, 3.63) is 0 Å². The smallest absolute Gasteiger partial charge is 0.302 e. The van der Waals surface area contributed by atoms with Crippen LogP contribution in [0.15, 0.2) is 0 Å². The Labute approximate surface area is 93.4 Å². The molecule has 0 atom stereocenters. The van der Waals surface area contributed by atoms with Gasteiger partial charge in [-0.3, -0.25) is 4.79 Å². The van der Waals surface area contributed by atoms with Crippen LogP contribution in [0.25, 0.3) is 0 Å². The van der Waals surface area contributed by atoms with Crippen LogP contribution in [0.4, 0.5) is 0 Å². The molecular formula is C13H22O2. The van der Waals surface area contributed by atoms with Crippen molar-refractivity contribution in [1.82, 2.24) is 0 Å². The highest BCUT2D eigenvalue weighted by atomic mass is 16.5. The molecule has 0 heterocycles. The van der Waals surface area contributed by atoms with Gasteiger partial charge in [-0.05, 0) is 40.0 Å². The van der Waals surface area contributed by atoms with Crippen molar-refractivity contribution in [3.63, 3.8) is 0 Å². The van der Waals surface area contributed by atoms with Crippen LogP contribution in [0.2, 0.25) is 0 Å². The third-order valence-corrected chi connectivity index (χ3v) is 1.71. The highest BCUT2D eigenvalue weighted by Crippen LogP contribution is 2.10. The summed E-state index contributed by atoms with van der Waals surface area (Å²) in [5.74, 6) is 6.17. The summed E-state index contributed by atoms with van der Waals surface area (Å²) >= 11 is 0. The number of carbonyl (C=O) groups excluding carboxylic acids is 1. The summed E-state index contributed by atoms with van der Waals surface area (Å²) in [6.07, 6.45) is 4.05. The van der Waals surface area contributed by atoms with E-state index in [4.69, 9.17) is 4.74 Å². The summed E-state index contributed by atoms with van der Waals surface area (Å²) in [4.78, 5) is 10.4. The first-order chi connectivity index (χ1) is 6.92. The highest BCUT2D eigenvalue weighted by Gasteiger charge is 2.02. The maximum Gasteiger partial charge on any atom is 0.302 e. The molecule has 0 aliphatic carbocycles. The van der Waals surface area contributed by atoms with Gasteiger partial charge in [0.2, 0.25) is 0 Å². The van der Waals surface area contributed by atoms with Crippen molar-refractivity contribution in [3.8, 4) is 11.8 Å². The summed E-state index contributed by atoms with van der Waals surface area (Å²) in [6.45, 7) is 8.32. The number of hydrogen-bond donors (Lipinski definition) is 0. The average molecular weight is 210 g/mol. The minimum Gasteiger partial charge on any atom is -0.466 e. The predicted molar refractivity (Wildman–Crippen MR) is 62.3 cm³/mol. The Morgan fingerprint density at radius 3 is 2.40 bits per heavy atom. The standard InChI is InChI=1S/C13H22O2/c1-12(14)15-11-9-7-5-6-8-10-13(2,3)4/h5-7,9,11H2,1-4H3. The fourth-order valence-electron chi connectivity index (χ4n) is 1.04. The van der Waals surface area contributed by atoms with Crippen LogP contribution >= 0.6 is 0 Å². The molecule has 0 aromatic rings. The van der Waals surface area contributed by atoms with E-state index in [1.807, 2.05) is 0 Å². The molecule has 86 valence electrons. The molecule has 2 heteroatoms. The van der Waals surface area contributed by atoms with Crippen molar-refractivity contribution in [2.45, 2.75) is 53.4 Å². The van der Waals surface area contributed by atoms with Gasteiger partial charge in [-0.1, -0.05) is 5.92 Å². The molecule has 0 aromatic heterocycles. The fraction of sp³-hybridized carbons (Fsp3) is 0.769. The number of ether oxygens (including phenoxy) is 1. The fourth-order valence-corrected chi connectivity index (χ4v) is 1.04. The Kier molecular flexibility index (Phi) is 6.86. The van der Waals surface area contributed by atoms with E-state index in [-0.39, 0.29) is 11.4 Å². The molecule has 0 unspecified atom stereocenters. The molecule has 0 saturated heterocycles. The molecule has 0 amide bonds. The lowest BCUT2D eigenvalue weighted by molar-refractivity contribution is -0.141. The molecule has 2 nitrogen and oxygen atoms in total. The molecule has 0 aliphatic rings. The van der Waals surface area contributed by atoms with Gasteiger partial charge in [0.1, 0.15) is 0 Å². The first-order valence-electron chi connectivity index (χ1n) is 5.55. The summed E-state index contributed by atoms with van der Waals surface area (Å²) in [6, 6.07) is 0. The van der Waals surface area contributed by atoms with E-state index >= 15 is 0 Å². The molecule has 0 rings (SSSR count). The summed E-state index contributed by atoms with van der Waals surface area (Å²) in [5.41, 5.74) is 0.109. The van der Waals surface area contributed by atoms with Crippen molar-refractivity contribution in [2.24, 2.45) is 5.41 Å². The topological polar surface area (TPSA) is 26.3 Å². The van der Waals surface area contributed by atoms with Crippen LogP contribution in [0.1, 0.15) is 53.4 Å². The Hall–Kier alpha value is -0.970. The maximum absolute atomic E-state index is 10.4. The minimum absolute atomic E-state index is 0.109. The second-order valence-electron chi connectivity index (χ2n) is 4.70. The van der Waals surface area contributed by atoms with Crippen LogP contribution in [0.5, 0.6) is 0 Å². The average Bonchev–Trinajstić information content (AvgIpc) is 2.07. The van der Waals surface area contributed by atoms with Gasteiger partial charge in [0.15, 0.2) is 0 Å². The SMILES string of the molecule is CC(=O)OCCCCCC#CC(C)(C)C. The van der Waals surface area contributed by atoms with Gasteiger partial charge in [-0.15, -0.1) is 5.92 Å². The Bertz CT molecular complexity index is 237. The van der Waals surface area contributed by atoms with Crippen molar-refractivity contribution in [1.29, 1.82) is 0 Å². The largest absolute Gasteiger partial charge is 0.466 e. The normalized spacial score (nSPS) is 10.4. The van der Waals surface area contributed by atoms with E-state index in [0.717, 1.165) is 25.7 Å². The molecule has 0 aliphatic heterocycles. The van der Waals surface area contributed by atoms with E-state index in [9.17, 15) is 4.79 Å². The van der Waals surface area contributed by atoms with E-state index in [1.165, 1.54) is 6.92 Å². The van der Waals surface area contributed by atoms with Crippen LogP contribution in [-0.4, -0.2) is 12.6 Å². The van der Waals surface area contributed by atoms with E-state index < -0.39 is 0 Å². The van der Waals surface area contributed by atoms with E-state index in [2.05, 4.69) is 32.6 Å². The molecule has 0 spiro atoms. The van der Waals surface area contributed by atoms with Gasteiger partial charge < -0.3 is 4.74 Å². The van der Waals surface area contributed by atoms with E-state index in [1.54, 1.807) is 0 Å². The molecule has 0 N–H and O–H groups in total. The minimum atomic E-state index is -0.192. The third kappa shape index (κ3) is 13.0. The van der Waals surface area contributed by atoms with Gasteiger partial charge in [-0.2, -0.15) is 0 Å². The molecule has 0 fully saturated rings.